The van der Waals surface area contributed by atoms with Crippen molar-refractivity contribution in [2.75, 3.05) is 18.5 Å². The first-order valence-electron chi connectivity index (χ1n) is 4.81. The Morgan fingerprint density at radius 3 is 2.56 bits per heavy atom. The normalized spacial score (nSPS) is 12.2. The van der Waals surface area contributed by atoms with Gasteiger partial charge in [0, 0.05) is 23.8 Å². The molecule has 1 aromatic rings. The number of halogens is 2. The van der Waals surface area contributed by atoms with Gasteiger partial charge in [-0.2, -0.15) is 0 Å². The minimum absolute atomic E-state index is 0.0773. The highest BCUT2D eigenvalue weighted by Gasteiger charge is 2.14. The molecule has 16 heavy (non-hydrogen) atoms. The van der Waals surface area contributed by atoms with Crippen molar-refractivity contribution in [2.24, 2.45) is 0 Å². The van der Waals surface area contributed by atoms with Gasteiger partial charge in [-0.3, -0.25) is 4.79 Å². The molecule has 1 atom stereocenters. The standard InChI is InChI=1S/C11H13BrFNO2/c1-14(7-9(13)6-11(15)16)10-4-2-8(12)3-5-10/h2-5,9H,6-7H2,1H3,(H,15,16). The summed E-state index contributed by atoms with van der Waals surface area (Å²) in [5.74, 6) is -1.11. The third-order valence-electron chi connectivity index (χ3n) is 2.14. The zero-order chi connectivity index (χ0) is 12.1. The van der Waals surface area contributed by atoms with E-state index in [1.165, 1.54) is 0 Å². The number of aliphatic carboxylic acids is 1. The molecular formula is C11H13BrFNO2. The molecule has 88 valence electrons. The first-order valence-corrected chi connectivity index (χ1v) is 5.61. The Labute approximate surface area is 102 Å². The van der Waals surface area contributed by atoms with E-state index in [2.05, 4.69) is 15.9 Å². The van der Waals surface area contributed by atoms with E-state index in [-0.39, 0.29) is 6.54 Å². The first kappa shape index (κ1) is 13.0. The third kappa shape index (κ3) is 4.18. The summed E-state index contributed by atoms with van der Waals surface area (Å²) in [5.41, 5.74) is 0.858. The molecule has 1 aromatic carbocycles. The molecule has 0 heterocycles. The predicted molar refractivity (Wildman–Crippen MR) is 64.6 cm³/mol. The molecule has 0 aliphatic rings. The molecule has 0 aromatic heterocycles. The highest BCUT2D eigenvalue weighted by molar-refractivity contribution is 9.10. The van der Waals surface area contributed by atoms with Crippen LogP contribution >= 0.6 is 15.9 Å². The molecular weight excluding hydrogens is 277 g/mol. The highest BCUT2D eigenvalue weighted by atomic mass is 79.9. The topological polar surface area (TPSA) is 40.5 Å². The van der Waals surface area contributed by atoms with Gasteiger partial charge >= 0.3 is 5.97 Å². The number of nitrogens with zero attached hydrogens (tertiary/aromatic N) is 1. The van der Waals surface area contributed by atoms with Crippen LogP contribution in [0.15, 0.2) is 28.7 Å². The van der Waals surface area contributed by atoms with Crippen LogP contribution < -0.4 is 4.90 Å². The van der Waals surface area contributed by atoms with E-state index < -0.39 is 18.6 Å². The molecule has 0 spiro atoms. The lowest BCUT2D eigenvalue weighted by Gasteiger charge is -2.20. The number of carboxylic acid groups (broad SMARTS) is 1. The second-order valence-corrected chi connectivity index (χ2v) is 4.47. The van der Waals surface area contributed by atoms with Gasteiger partial charge in [0.25, 0.3) is 0 Å². The second kappa shape index (κ2) is 5.84. The average molecular weight is 290 g/mol. The zero-order valence-corrected chi connectivity index (χ0v) is 10.4. The summed E-state index contributed by atoms with van der Waals surface area (Å²) in [6, 6.07) is 7.40. The second-order valence-electron chi connectivity index (χ2n) is 3.55. The van der Waals surface area contributed by atoms with E-state index in [9.17, 15) is 9.18 Å². The molecule has 1 unspecified atom stereocenters. The van der Waals surface area contributed by atoms with Crippen molar-refractivity contribution in [3.8, 4) is 0 Å². The lowest BCUT2D eigenvalue weighted by Crippen LogP contribution is -2.27. The molecule has 1 N–H and O–H groups in total. The van der Waals surface area contributed by atoms with Crippen molar-refractivity contribution in [3.63, 3.8) is 0 Å². The largest absolute Gasteiger partial charge is 0.481 e. The van der Waals surface area contributed by atoms with Gasteiger partial charge in [-0.25, -0.2) is 4.39 Å². The lowest BCUT2D eigenvalue weighted by molar-refractivity contribution is -0.138. The number of hydrogen-bond donors (Lipinski definition) is 1. The monoisotopic (exact) mass is 289 g/mol. The molecule has 5 heteroatoms. The predicted octanol–water partition coefficient (Wildman–Crippen LogP) is 2.70. The maximum absolute atomic E-state index is 13.2. The van der Waals surface area contributed by atoms with Crippen LogP contribution in [-0.2, 0) is 4.79 Å². The van der Waals surface area contributed by atoms with Crippen LogP contribution in [-0.4, -0.2) is 30.8 Å². The van der Waals surface area contributed by atoms with Crippen LogP contribution in [0, 0.1) is 0 Å². The van der Waals surface area contributed by atoms with E-state index in [0.29, 0.717) is 0 Å². The number of carboxylic acids is 1. The molecule has 0 amide bonds. The molecule has 3 nitrogen and oxygen atoms in total. The maximum Gasteiger partial charge on any atom is 0.306 e. The van der Waals surface area contributed by atoms with Gasteiger partial charge in [0.05, 0.1) is 6.42 Å². The van der Waals surface area contributed by atoms with E-state index in [0.717, 1.165) is 10.2 Å². The average Bonchev–Trinajstić information content (AvgIpc) is 2.16. The quantitative estimate of drug-likeness (QED) is 0.906. The summed E-state index contributed by atoms with van der Waals surface area (Å²) < 4.78 is 14.2. The van der Waals surface area contributed by atoms with Gasteiger partial charge in [-0.1, -0.05) is 15.9 Å². The molecule has 0 fully saturated rings. The maximum atomic E-state index is 13.2. The Hall–Kier alpha value is -1.10. The van der Waals surface area contributed by atoms with Crippen molar-refractivity contribution in [1.82, 2.24) is 0 Å². The molecule has 0 saturated carbocycles. The molecule has 0 radical (unpaired) electrons. The van der Waals surface area contributed by atoms with Crippen molar-refractivity contribution in [3.05, 3.63) is 28.7 Å². The van der Waals surface area contributed by atoms with E-state index in [4.69, 9.17) is 5.11 Å². The van der Waals surface area contributed by atoms with Gasteiger partial charge in [-0.05, 0) is 24.3 Å². The Morgan fingerprint density at radius 1 is 1.50 bits per heavy atom. The number of benzene rings is 1. The molecule has 0 aliphatic heterocycles. The van der Waals surface area contributed by atoms with Crippen LogP contribution in [0.1, 0.15) is 6.42 Å². The molecule has 0 saturated heterocycles. The zero-order valence-electron chi connectivity index (χ0n) is 8.86. The van der Waals surface area contributed by atoms with Crippen LogP contribution in [0.2, 0.25) is 0 Å². The van der Waals surface area contributed by atoms with E-state index in [1.54, 1.807) is 11.9 Å². The van der Waals surface area contributed by atoms with Gasteiger partial charge in [0.2, 0.25) is 0 Å². The van der Waals surface area contributed by atoms with Gasteiger partial charge < -0.3 is 10.0 Å². The number of anilines is 1. The number of carbonyl (C=O) groups is 1. The van der Waals surface area contributed by atoms with Crippen molar-refractivity contribution in [1.29, 1.82) is 0 Å². The minimum Gasteiger partial charge on any atom is -0.481 e. The fraction of sp³-hybridized carbons (Fsp3) is 0.364. The summed E-state index contributed by atoms with van der Waals surface area (Å²) in [4.78, 5) is 12.0. The summed E-state index contributed by atoms with van der Waals surface area (Å²) in [7, 11) is 1.73. The van der Waals surface area contributed by atoms with Gasteiger partial charge in [0.1, 0.15) is 6.17 Å². The smallest absolute Gasteiger partial charge is 0.306 e. The van der Waals surface area contributed by atoms with Gasteiger partial charge in [-0.15, -0.1) is 0 Å². The fourth-order valence-electron chi connectivity index (χ4n) is 1.35. The van der Waals surface area contributed by atoms with Crippen molar-refractivity contribution < 1.29 is 14.3 Å². The third-order valence-corrected chi connectivity index (χ3v) is 2.66. The summed E-state index contributed by atoms with van der Waals surface area (Å²) in [6.07, 6.45) is -1.81. The number of hydrogen-bond acceptors (Lipinski definition) is 2. The molecule has 0 aliphatic carbocycles. The van der Waals surface area contributed by atoms with E-state index >= 15 is 0 Å². The SMILES string of the molecule is CN(CC(F)CC(=O)O)c1ccc(Br)cc1. The summed E-state index contributed by atoms with van der Waals surface area (Å²) in [5, 5.41) is 8.44. The van der Waals surface area contributed by atoms with Crippen molar-refractivity contribution >= 4 is 27.6 Å². The van der Waals surface area contributed by atoms with Crippen molar-refractivity contribution in [2.45, 2.75) is 12.6 Å². The first-order chi connectivity index (χ1) is 7.49. The summed E-state index contributed by atoms with van der Waals surface area (Å²) in [6.45, 7) is 0.0773. The minimum atomic E-state index is -1.36. The van der Waals surface area contributed by atoms with Gasteiger partial charge in [0.15, 0.2) is 0 Å². The lowest BCUT2D eigenvalue weighted by atomic mass is 10.2. The Kier molecular flexibility index (Phi) is 4.73. The Balaban J connectivity index is 2.54. The van der Waals surface area contributed by atoms with Crippen LogP contribution in [0.3, 0.4) is 0 Å². The fourth-order valence-corrected chi connectivity index (χ4v) is 1.62. The van der Waals surface area contributed by atoms with Crippen LogP contribution in [0.25, 0.3) is 0 Å². The van der Waals surface area contributed by atoms with E-state index in [1.807, 2.05) is 24.3 Å². The van der Waals surface area contributed by atoms with Crippen LogP contribution in [0.4, 0.5) is 10.1 Å². The Morgan fingerprint density at radius 2 is 2.06 bits per heavy atom. The highest BCUT2D eigenvalue weighted by Crippen LogP contribution is 2.18. The Bertz CT molecular complexity index is 356. The molecule has 1 rings (SSSR count). The number of alkyl halides is 1. The molecule has 0 bridgehead atoms. The summed E-state index contributed by atoms with van der Waals surface area (Å²) >= 11 is 3.31. The van der Waals surface area contributed by atoms with Crippen LogP contribution in [0.5, 0.6) is 0 Å². The number of rotatable bonds is 5.